The van der Waals surface area contributed by atoms with Gasteiger partial charge < -0.3 is 24.6 Å². The minimum Gasteiger partial charge on any atom is -0.496 e. The molecule has 0 atom stereocenters. The van der Waals surface area contributed by atoms with Gasteiger partial charge in [0.15, 0.2) is 0 Å². The second-order valence-electron chi connectivity index (χ2n) is 5.90. The van der Waals surface area contributed by atoms with Crippen LogP contribution < -0.4 is 19.5 Å². The van der Waals surface area contributed by atoms with Crippen LogP contribution in [-0.4, -0.2) is 38.3 Å². The van der Waals surface area contributed by atoms with Gasteiger partial charge in [-0.05, 0) is 12.8 Å². The van der Waals surface area contributed by atoms with E-state index in [0.29, 0.717) is 35.7 Å². The maximum absolute atomic E-state index is 12.2. The zero-order valence-corrected chi connectivity index (χ0v) is 14.2. The van der Waals surface area contributed by atoms with E-state index < -0.39 is 11.4 Å². The van der Waals surface area contributed by atoms with E-state index in [2.05, 4.69) is 5.32 Å². The van der Waals surface area contributed by atoms with Gasteiger partial charge in [0.25, 0.3) is 0 Å². The number of hydrogen-bond donors (Lipinski definition) is 2. The summed E-state index contributed by atoms with van der Waals surface area (Å²) in [6.07, 6.45) is 1.93. The van der Waals surface area contributed by atoms with E-state index >= 15 is 0 Å². The Hall–Kier alpha value is -2.44. The fraction of sp³-hybridized carbons (Fsp3) is 0.529. The highest BCUT2D eigenvalue weighted by Crippen LogP contribution is 2.44. The highest BCUT2D eigenvalue weighted by atomic mass is 16.5. The lowest BCUT2D eigenvalue weighted by Crippen LogP contribution is -2.42. The first-order valence-corrected chi connectivity index (χ1v) is 7.74. The van der Waals surface area contributed by atoms with E-state index in [0.717, 1.165) is 6.42 Å². The summed E-state index contributed by atoms with van der Waals surface area (Å²) in [5.74, 6) is 0.449. The maximum atomic E-state index is 12.2. The lowest BCUT2D eigenvalue weighted by atomic mass is 9.66. The molecule has 1 aliphatic carbocycles. The molecule has 1 aliphatic rings. The molecule has 0 spiro atoms. The quantitative estimate of drug-likeness (QED) is 0.753. The summed E-state index contributed by atoms with van der Waals surface area (Å²) in [6.45, 7) is 0.185. The first kappa shape index (κ1) is 17.9. The number of amides is 1. The van der Waals surface area contributed by atoms with Gasteiger partial charge in [-0.2, -0.15) is 0 Å². The molecular formula is C17H23NO6. The summed E-state index contributed by atoms with van der Waals surface area (Å²) in [7, 11) is 4.58. The Bertz CT molecular complexity index is 599. The molecule has 0 bridgehead atoms. The number of nitrogens with one attached hydrogen (secondary N) is 1. The van der Waals surface area contributed by atoms with Gasteiger partial charge in [0.05, 0.1) is 38.9 Å². The molecule has 1 fully saturated rings. The van der Waals surface area contributed by atoms with Crippen LogP contribution in [0.15, 0.2) is 12.1 Å². The van der Waals surface area contributed by atoms with Crippen molar-refractivity contribution in [3.8, 4) is 17.2 Å². The highest BCUT2D eigenvalue weighted by Gasteiger charge is 2.45. The van der Waals surface area contributed by atoms with Gasteiger partial charge in [-0.15, -0.1) is 0 Å². The first-order chi connectivity index (χ1) is 11.5. The Morgan fingerprint density at radius 1 is 1.12 bits per heavy atom. The van der Waals surface area contributed by atoms with Gasteiger partial charge in [-0.3, -0.25) is 9.59 Å². The van der Waals surface area contributed by atoms with Gasteiger partial charge in [-0.1, -0.05) is 6.42 Å². The van der Waals surface area contributed by atoms with Crippen molar-refractivity contribution in [1.82, 2.24) is 5.32 Å². The van der Waals surface area contributed by atoms with Crippen molar-refractivity contribution in [2.75, 3.05) is 21.3 Å². The van der Waals surface area contributed by atoms with E-state index in [4.69, 9.17) is 14.2 Å². The molecular weight excluding hydrogens is 314 g/mol. The van der Waals surface area contributed by atoms with Gasteiger partial charge in [0.2, 0.25) is 5.91 Å². The molecule has 2 N–H and O–H groups in total. The first-order valence-electron chi connectivity index (χ1n) is 7.74. The molecule has 0 saturated heterocycles. The number of carbonyl (C=O) groups is 2. The molecule has 1 saturated carbocycles. The van der Waals surface area contributed by atoms with Crippen LogP contribution in [0.2, 0.25) is 0 Å². The largest absolute Gasteiger partial charge is 0.496 e. The van der Waals surface area contributed by atoms with Crippen molar-refractivity contribution >= 4 is 11.9 Å². The smallest absolute Gasteiger partial charge is 0.310 e. The van der Waals surface area contributed by atoms with Crippen molar-refractivity contribution in [3.05, 3.63) is 17.7 Å². The van der Waals surface area contributed by atoms with Crippen LogP contribution in [0.5, 0.6) is 17.2 Å². The molecule has 0 aromatic heterocycles. The van der Waals surface area contributed by atoms with E-state index in [9.17, 15) is 14.7 Å². The summed E-state index contributed by atoms with van der Waals surface area (Å²) >= 11 is 0. The molecule has 0 heterocycles. The summed E-state index contributed by atoms with van der Waals surface area (Å²) < 4.78 is 15.8. The fourth-order valence-corrected chi connectivity index (χ4v) is 2.88. The van der Waals surface area contributed by atoms with Crippen LogP contribution in [0.4, 0.5) is 0 Å². The Morgan fingerprint density at radius 3 is 2.08 bits per heavy atom. The number of carboxylic acid groups (broad SMARTS) is 1. The predicted molar refractivity (Wildman–Crippen MR) is 86.5 cm³/mol. The third kappa shape index (κ3) is 3.55. The molecule has 1 aromatic carbocycles. The van der Waals surface area contributed by atoms with Crippen LogP contribution in [0, 0.1) is 5.41 Å². The van der Waals surface area contributed by atoms with Gasteiger partial charge in [-0.25, -0.2) is 0 Å². The van der Waals surface area contributed by atoms with Crippen LogP contribution >= 0.6 is 0 Å². The zero-order chi connectivity index (χ0) is 17.7. The number of carboxylic acids is 1. The molecule has 0 unspecified atom stereocenters. The molecule has 1 amide bonds. The van der Waals surface area contributed by atoms with E-state index in [-0.39, 0.29) is 18.9 Å². The standard InChI is InChI=1S/C17H23NO6/c1-22-11-7-13(23-2)12(14(8-11)24-3)10-18-15(19)9-17(16(20)21)5-4-6-17/h7-8H,4-6,9-10H2,1-3H3,(H,18,19)(H,20,21). The lowest BCUT2D eigenvalue weighted by Gasteiger charge is -2.36. The SMILES string of the molecule is COc1cc(OC)c(CNC(=O)CC2(C(=O)O)CCC2)c(OC)c1. The van der Waals surface area contributed by atoms with Crippen LogP contribution in [0.3, 0.4) is 0 Å². The van der Waals surface area contributed by atoms with Crippen molar-refractivity contribution in [3.63, 3.8) is 0 Å². The predicted octanol–water partition coefficient (Wildman–Crippen LogP) is 1.97. The van der Waals surface area contributed by atoms with E-state index in [1.165, 1.54) is 14.2 Å². The minimum atomic E-state index is -0.905. The topological polar surface area (TPSA) is 94.1 Å². The van der Waals surface area contributed by atoms with Crippen LogP contribution in [0.1, 0.15) is 31.2 Å². The number of rotatable bonds is 8. The molecule has 7 nitrogen and oxygen atoms in total. The van der Waals surface area contributed by atoms with E-state index in [1.54, 1.807) is 19.2 Å². The molecule has 0 aliphatic heterocycles. The number of carbonyl (C=O) groups excluding carboxylic acids is 1. The third-order valence-electron chi connectivity index (χ3n) is 4.54. The number of aliphatic carboxylic acids is 1. The molecule has 1 aromatic rings. The fourth-order valence-electron chi connectivity index (χ4n) is 2.88. The molecule has 0 radical (unpaired) electrons. The summed E-state index contributed by atoms with van der Waals surface area (Å²) in [6, 6.07) is 3.41. The van der Waals surface area contributed by atoms with Crippen molar-refractivity contribution in [1.29, 1.82) is 0 Å². The molecule has 24 heavy (non-hydrogen) atoms. The minimum absolute atomic E-state index is 0.0108. The zero-order valence-electron chi connectivity index (χ0n) is 14.2. The number of benzene rings is 1. The van der Waals surface area contributed by atoms with Crippen LogP contribution in [-0.2, 0) is 16.1 Å². The molecule has 132 valence electrons. The monoisotopic (exact) mass is 337 g/mol. The maximum Gasteiger partial charge on any atom is 0.310 e. The molecule has 7 heteroatoms. The van der Waals surface area contributed by atoms with Crippen molar-refractivity contribution in [2.45, 2.75) is 32.2 Å². The third-order valence-corrected chi connectivity index (χ3v) is 4.54. The van der Waals surface area contributed by atoms with E-state index in [1.807, 2.05) is 0 Å². The van der Waals surface area contributed by atoms with Gasteiger partial charge >= 0.3 is 5.97 Å². The molecule has 2 rings (SSSR count). The summed E-state index contributed by atoms with van der Waals surface area (Å²) in [4.78, 5) is 23.5. The van der Waals surface area contributed by atoms with Gasteiger partial charge in [0, 0.05) is 18.6 Å². The second kappa shape index (κ2) is 7.42. The normalized spacial score (nSPS) is 15.1. The second-order valence-corrected chi connectivity index (χ2v) is 5.90. The summed E-state index contributed by atoms with van der Waals surface area (Å²) in [5.41, 5.74) is -0.231. The Balaban J connectivity index is 2.08. The van der Waals surface area contributed by atoms with Gasteiger partial charge in [0.1, 0.15) is 17.2 Å². The lowest BCUT2D eigenvalue weighted by molar-refractivity contribution is -0.157. The van der Waals surface area contributed by atoms with Crippen LogP contribution in [0.25, 0.3) is 0 Å². The number of hydrogen-bond acceptors (Lipinski definition) is 5. The Labute approximate surface area is 140 Å². The summed E-state index contributed by atoms with van der Waals surface area (Å²) in [5, 5.41) is 12.1. The highest BCUT2D eigenvalue weighted by molar-refractivity contribution is 5.85. The average Bonchev–Trinajstić information content (AvgIpc) is 2.54. The Morgan fingerprint density at radius 2 is 1.71 bits per heavy atom. The number of ether oxygens (including phenoxy) is 3. The van der Waals surface area contributed by atoms with Crippen molar-refractivity contribution in [2.24, 2.45) is 5.41 Å². The average molecular weight is 337 g/mol. The number of methoxy groups -OCH3 is 3. The Kier molecular flexibility index (Phi) is 5.54. The van der Waals surface area contributed by atoms with Crippen molar-refractivity contribution < 1.29 is 28.9 Å².